The van der Waals surface area contributed by atoms with E-state index in [1.807, 2.05) is 60.7 Å². The molecule has 0 amide bonds. The molecule has 0 N–H and O–H groups in total. The van der Waals surface area contributed by atoms with Gasteiger partial charge in [0.05, 0.1) is 18.2 Å². The smallest absolute Gasteiger partial charge is 0.0998 e. The van der Waals surface area contributed by atoms with Gasteiger partial charge in [-0.25, -0.2) is 0 Å². The minimum absolute atomic E-state index is 0.545. The van der Waals surface area contributed by atoms with E-state index in [2.05, 4.69) is 47.2 Å². The lowest BCUT2D eigenvalue weighted by Crippen LogP contribution is -1.99. The Balaban J connectivity index is 1.66. The van der Waals surface area contributed by atoms with Gasteiger partial charge in [0.25, 0.3) is 0 Å². The van der Waals surface area contributed by atoms with E-state index in [0.29, 0.717) is 22.2 Å². The number of allylic oxidation sites excluding steroid dienone is 1. The van der Waals surface area contributed by atoms with E-state index in [1.165, 1.54) is 0 Å². The van der Waals surface area contributed by atoms with Gasteiger partial charge in [0.15, 0.2) is 0 Å². The molecule has 32 heavy (non-hydrogen) atoms. The van der Waals surface area contributed by atoms with Crippen LogP contribution in [0.4, 0.5) is 0 Å². The summed E-state index contributed by atoms with van der Waals surface area (Å²) in [6.07, 6.45) is 4.03. The van der Waals surface area contributed by atoms with E-state index in [1.54, 1.807) is 0 Å². The lowest BCUT2D eigenvalue weighted by atomic mass is 9.97. The molecule has 0 aliphatic carbocycles. The van der Waals surface area contributed by atoms with E-state index in [9.17, 15) is 5.26 Å². The number of hydrogen-bond donors (Lipinski definition) is 0. The standard InChI is InChI=1S/C28H18Cl2N2/c29-26-12-6-13-27(30)25(26)18-32-17-21(24-10-3-4-14-28(24)32)15-20(16-31)23-11-5-8-19-7-1-2-9-22(19)23/h1-15,17H,18H2/b20-15+. The Morgan fingerprint density at radius 1 is 0.812 bits per heavy atom. The Kier molecular flexibility index (Phi) is 5.45. The van der Waals surface area contributed by atoms with Crippen molar-refractivity contribution in [2.24, 2.45) is 0 Å². The summed E-state index contributed by atoms with van der Waals surface area (Å²) in [4.78, 5) is 0. The Bertz CT molecular complexity index is 1510. The maximum absolute atomic E-state index is 10.0. The van der Waals surface area contributed by atoms with E-state index in [-0.39, 0.29) is 0 Å². The molecule has 0 aliphatic heterocycles. The summed E-state index contributed by atoms with van der Waals surface area (Å²) in [5.41, 5.74) is 4.47. The first-order valence-corrected chi connectivity index (χ1v) is 11.0. The summed E-state index contributed by atoms with van der Waals surface area (Å²) in [5.74, 6) is 0. The van der Waals surface area contributed by atoms with Crippen LogP contribution in [0.3, 0.4) is 0 Å². The van der Waals surface area contributed by atoms with Crippen LogP contribution in [0.1, 0.15) is 16.7 Å². The predicted molar refractivity (Wildman–Crippen MR) is 135 cm³/mol. The van der Waals surface area contributed by atoms with Gasteiger partial charge >= 0.3 is 0 Å². The summed E-state index contributed by atoms with van der Waals surface area (Å²) in [6, 6.07) is 30.3. The van der Waals surface area contributed by atoms with Crippen molar-refractivity contribution in [3.05, 3.63) is 118 Å². The molecule has 0 spiro atoms. The fourth-order valence-corrected chi connectivity index (χ4v) is 4.68. The van der Waals surface area contributed by atoms with Gasteiger partial charge in [-0.3, -0.25) is 0 Å². The van der Waals surface area contributed by atoms with Crippen LogP contribution in [0.15, 0.2) is 91.1 Å². The van der Waals surface area contributed by atoms with Gasteiger partial charge in [-0.05, 0) is 35.0 Å². The molecule has 1 heterocycles. The summed E-state index contributed by atoms with van der Waals surface area (Å²) in [6.45, 7) is 0.545. The average molecular weight is 453 g/mol. The molecule has 0 aliphatic rings. The maximum atomic E-state index is 10.0. The van der Waals surface area contributed by atoms with Crippen molar-refractivity contribution in [1.82, 2.24) is 4.57 Å². The quantitative estimate of drug-likeness (QED) is 0.252. The van der Waals surface area contributed by atoms with Gasteiger partial charge in [0.2, 0.25) is 0 Å². The Morgan fingerprint density at radius 2 is 1.47 bits per heavy atom. The summed E-state index contributed by atoms with van der Waals surface area (Å²) in [7, 11) is 0. The third-order valence-corrected chi connectivity index (χ3v) is 6.42. The number of nitriles is 1. The first-order valence-electron chi connectivity index (χ1n) is 10.3. The van der Waals surface area contributed by atoms with Gasteiger partial charge in [0.1, 0.15) is 0 Å². The minimum atomic E-state index is 0.545. The molecule has 0 unspecified atom stereocenters. The van der Waals surface area contributed by atoms with Crippen molar-refractivity contribution < 1.29 is 0 Å². The highest BCUT2D eigenvalue weighted by Crippen LogP contribution is 2.31. The van der Waals surface area contributed by atoms with Crippen LogP contribution in [-0.2, 0) is 6.54 Å². The van der Waals surface area contributed by atoms with Crippen LogP contribution in [0.2, 0.25) is 10.0 Å². The summed E-state index contributed by atoms with van der Waals surface area (Å²) in [5, 5.41) is 14.6. The normalized spacial score (nSPS) is 11.7. The fraction of sp³-hybridized carbons (Fsp3) is 0.0357. The monoisotopic (exact) mass is 452 g/mol. The highest BCUT2D eigenvalue weighted by atomic mass is 35.5. The Hall–Kier alpha value is -3.51. The molecule has 0 saturated heterocycles. The molecular formula is C28H18Cl2N2. The molecule has 2 nitrogen and oxygen atoms in total. The van der Waals surface area contributed by atoms with Crippen molar-refractivity contribution in [2.75, 3.05) is 0 Å². The molecule has 0 radical (unpaired) electrons. The molecule has 4 aromatic carbocycles. The van der Waals surface area contributed by atoms with Crippen molar-refractivity contribution in [1.29, 1.82) is 5.26 Å². The lowest BCUT2D eigenvalue weighted by Gasteiger charge is -2.09. The number of aromatic nitrogens is 1. The number of hydrogen-bond acceptors (Lipinski definition) is 1. The first kappa shape index (κ1) is 20.4. The molecule has 4 heteroatoms. The molecule has 154 valence electrons. The van der Waals surface area contributed by atoms with Crippen molar-refractivity contribution >= 4 is 56.5 Å². The second-order valence-electron chi connectivity index (χ2n) is 7.63. The third-order valence-electron chi connectivity index (χ3n) is 5.71. The molecule has 5 aromatic rings. The van der Waals surface area contributed by atoms with Gasteiger partial charge in [-0.2, -0.15) is 5.26 Å². The largest absolute Gasteiger partial charge is 0.342 e. The second-order valence-corrected chi connectivity index (χ2v) is 8.44. The van der Waals surface area contributed by atoms with Gasteiger partial charge in [-0.1, -0.05) is 89.9 Å². The molecule has 5 rings (SSSR count). The zero-order valence-electron chi connectivity index (χ0n) is 17.1. The SMILES string of the molecule is N#C/C(=C\c1cn(Cc2c(Cl)cccc2Cl)c2ccccc12)c1cccc2ccccc12. The second kappa shape index (κ2) is 8.55. The third kappa shape index (κ3) is 3.67. The number of fused-ring (bicyclic) bond motifs is 2. The van der Waals surface area contributed by atoms with E-state index in [0.717, 1.165) is 38.4 Å². The topological polar surface area (TPSA) is 28.7 Å². The molecule has 0 fully saturated rings. The lowest BCUT2D eigenvalue weighted by molar-refractivity contribution is 0.836. The van der Waals surface area contributed by atoms with Gasteiger partial charge < -0.3 is 4.57 Å². The highest BCUT2D eigenvalue weighted by molar-refractivity contribution is 6.36. The zero-order chi connectivity index (χ0) is 22.1. The van der Waals surface area contributed by atoms with Crippen molar-refractivity contribution in [3.8, 4) is 6.07 Å². The van der Waals surface area contributed by atoms with Crippen LogP contribution < -0.4 is 0 Å². The maximum Gasteiger partial charge on any atom is 0.0998 e. The number of benzene rings is 4. The molecule has 0 saturated carbocycles. The van der Waals surface area contributed by atoms with Crippen LogP contribution in [0.25, 0.3) is 33.3 Å². The molecule has 1 aromatic heterocycles. The fourth-order valence-electron chi connectivity index (χ4n) is 4.16. The van der Waals surface area contributed by atoms with Crippen LogP contribution in [0, 0.1) is 11.3 Å². The van der Waals surface area contributed by atoms with E-state index < -0.39 is 0 Å². The Morgan fingerprint density at radius 3 is 2.25 bits per heavy atom. The van der Waals surface area contributed by atoms with Crippen molar-refractivity contribution in [2.45, 2.75) is 6.54 Å². The number of para-hydroxylation sites is 1. The first-order chi connectivity index (χ1) is 15.7. The van der Waals surface area contributed by atoms with Crippen LogP contribution >= 0.6 is 23.2 Å². The number of nitrogens with zero attached hydrogens (tertiary/aromatic N) is 2. The predicted octanol–water partition coefficient (Wildman–Crippen LogP) is 8.21. The van der Waals surface area contributed by atoms with E-state index >= 15 is 0 Å². The van der Waals surface area contributed by atoms with E-state index in [4.69, 9.17) is 23.2 Å². The van der Waals surface area contributed by atoms with Gasteiger partial charge in [-0.15, -0.1) is 0 Å². The summed E-state index contributed by atoms with van der Waals surface area (Å²) >= 11 is 12.9. The molecule has 0 atom stereocenters. The minimum Gasteiger partial charge on any atom is -0.342 e. The van der Waals surface area contributed by atoms with Crippen LogP contribution in [-0.4, -0.2) is 4.57 Å². The van der Waals surface area contributed by atoms with Crippen molar-refractivity contribution in [3.63, 3.8) is 0 Å². The molecule has 0 bridgehead atoms. The zero-order valence-corrected chi connectivity index (χ0v) is 18.6. The highest BCUT2D eigenvalue weighted by Gasteiger charge is 2.13. The van der Waals surface area contributed by atoms with Gasteiger partial charge in [0, 0.05) is 43.8 Å². The Labute approximate surface area is 196 Å². The average Bonchev–Trinajstić information content (AvgIpc) is 3.17. The number of halogens is 2. The number of rotatable bonds is 4. The van der Waals surface area contributed by atoms with Crippen LogP contribution in [0.5, 0.6) is 0 Å². The molecular weight excluding hydrogens is 435 g/mol. The summed E-state index contributed by atoms with van der Waals surface area (Å²) < 4.78 is 2.13.